The molecule has 2 rings (SSSR count). The minimum atomic E-state index is -0.381. The van der Waals surface area contributed by atoms with Crippen LogP contribution in [0.25, 0.3) is 0 Å². The topological polar surface area (TPSA) is 67.9 Å². The van der Waals surface area contributed by atoms with Gasteiger partial charge < -0.3 is 19.7 Å². The van der Waals surface area contributed by atoms with Crippen LogP contribution in [-0.4, -0.2) is 43.1 Å². The number of esters is 2. The van der Waals surface area contributed by atoms with Gasteiger partial charge in [-0.25, -0.2) is 9.59 Å². The maximum absolute atomic E-state index is 12.3. The van der Waals surface area contributed by atoms with E-state index >= 15 is 0 Å². The predicted octanol–water partition coefficient (Wildman–Crippen LogP) is 1.15. The van der Waals surface area contributed by atoms with Crippen LogP contribution in [0.4, 0.5) is 0 Å². The van der Waals surface area contributed by atoms with Gasteiger partial charge in [-0.15, -0.1) is 0 Å². The molecule has 0 aromatic rings. The quantitative estimate of drug-likeness (QED) is 0.785. The summed E-state index contributed by atoms with van der Waals surface area (Å²) in [5.74, 6) is -0.338. The number of nitrogens with one attached hydrogen (secondary N) is 1. The van der Waals surface area contributed by atoms with Crippen molar-refractivity contribution in [1.29, 1.82) is 0 Å². The van der Waals surface area contributed by atoms with Crippen molar-refractivity contribution in [1.82, 2.24) is 10.2 Å². The maximum Gasteiger partial charge on any atom is 0.338 e. The average molecular weight is 294 g/mol. The van der Waals surface area contributed by atoms with E-state index in [-0.39, 0.29) is 17.9 Å². The van der Waals surface area contributed by atoms with Gasteiger partial charge in [0, 0.05) is 24.7 Å². The summed E-state index contributed by atoms with van der Waals surface area (Å²) in [4.78, 5) is 26.5. The molecule has 1 fully saturated rings. The molecule has 0 saturated carbocycles. The van der Waals surface area contributed by atoms with Crippen molar-refractivity contribution >= 4 is 11.9 Å². The Morgan fingerprint density at radius 1 is 1.19 bits per heavy atom. The molecule has 0 aromatic heterocycles. The molecule has 1 N–H and O–H groups in total. The molecule has 2 aliphatic heterocycles. The lowest BCUT2D eigenvalue weighted by Crippen LogP contribution is -2.35. The Balaban J connectivity index is 2.44. The molecule has 2 heterocycles. The van der Waals surface area contributed by atoms with E-state index in [9.17, 15) is 9.59 Å². The Kier molecular flexibility index (Phi) is 4.55. The van der Waals surface area contributed by atoms with E-state index in [4.69, 9.17) is 9.47 Å². The third-order valence-corrected chi connectivity index (χ3v) is 3.80. The van der Waals surface area contributed by atoms with Gasteiger partial charge in [-0.3, -0.25) is 0 Å². The molecule has 2 aliphatic rings. The highest BCUT2D eigenvalue weighted by atomic mass is 16.5. The van der Waals surface area contributed by atoms with E-state index in [1.54, 1.807) is 13.8 Å². The van der Waals surface area contributed by atoms with Gasteiger partial charge in [0.05, 0.1) is 24.4 Å². The van der Waals surface area contributed by atoms with Crippen LogP contribution in [0.3, 0.4) is 0 Å². The first-order valence-electron chi connectivity index (χ1n) is 7.33. The number of rotatable bonds is 4. The number of carbonyl (C=O) groups is 2. The zero-order valence-corrected chi connectivity index (χ0v) is 13.0. The molecule has 6 nitrogen and oxygen atoms in total. The molecule has 1 saturated heterocycles. The monoisotopic (exact) mass is 294 g/mol. The fourth-order valence-electron chi connectivity index (χ4n) is 2.89. The van der Waals surface area contributed by atoms with Crippen LogP contribution in [-0.2, 0) is 19.1 Å². The van der Waals surface area contributed by atoms with E-state index in [0.29, 0.717) is 24.4 Å². The predicted molar refractivity (Wildman–Crippen MR) is 76.9 cm³/mol. The molecule has 0 bridgehead atoms. The lowest BCUT2D eigenvalue weighted by molar-refractivity contribution is -0.140. The third-order valence-electron chi connectivity index (χ3n) is 3.80. The van der Waals surface area contributed by atoms with Gasteiger partial charge >= 0.3 is 11.9 Å². The molecule has 0 aliphatic carbocycles. The van der Waals surface area contributed by atoms with Crippen LogP contribution < -0.4 is 5.32 Å². The van der Waals surface area contributed by atoms with Gasteiger partial charge in [-0.2, -0.15) is 0 Å². The standard InChI is InChI=1S/C15H22N2O4/c1-5-20-14(18)11-9(3)12(15(19)21-6-2)13-16-7-8-17(13)10(11)4/h9,16H,5-8H2,1-4H3/t9-/m0/s1. The number of allylic oxidation sites excluding steroid dienone is 1. The second-order valence-corrected chi connectivity index (χ2v) is 5.00. The van der Waals surface area contributed by atoms with Gasteiger partial charge in [-0.1, -0.05) is 6.92 Å². The van der Waals surface area contributed by atoms with Crippen molar-refractivity contribution in [2.75, 3.05) is 26.3 Å². The first-order chi connectivity index (χ1) is 10.0. The first-order valence-corrected chi connectivity index (χ1v) is 7.33. The van der Waals surface area contributed by atoms with Crippen LogP contribution in [0.2, 0.25) is 0 Å². The highest BCUT2D eigenvalue weighted by Crippen LogP contribution is 2.36. The van der Waals surface area contributed by atoms with Gasteiger partial charge in [0.15, 0.2) is 0 Å². The highest BCUT2D eigenvalue weighted by molar-refractivity contribution is 5.97. The van der Waals surface area contributed by atoms with Gasteiger partial charge in [0.1, 0.15) is 5.82 Å². The van der Waals surface area contributed by atoms with Crippen LogP contribution >= 0.6 is 0 Å². The minimum absolute atomic E-state index is 0.305. The summed E-state index contributed by atoms with van der Waals surface area (Å²) >= 11 is 0. The molecular weight excluding hydrogens is 272 g/mol. The minimum Gasteiger partial charge on any atom is -0.463 e. The molecule has 21 heavy (non-hydrogen) atoms. The summed E-state index contributed by atoms with van der Waals surface area (Å²) < 4.78 is 10.3. The second-order valence-electron chi connectivity index (χ2n) is 5.00. The molecule has 0 amide bonds. The molecule has 1 atom stereocenters. The maximum atomic E-state index is 12.3. The smallest absolute Gasteiger partial charge is 0.338 e. The summed E-state index contributed by atoms with van der Waals surface area (Å²) in [5, 5.41) is 3.22. The van der Waals surface area contributed by atoms with Gasteiger partial charge in [-0.05, 0) is 20.8 Å². The molecule has 116 valence electrons. The number of hydrogen-bond donors (Lipinski definition) is 1. The van der Waals surface area contributed by atoms with Crippen molar-refractivity contribution in [3.8, 4) is 0 Å². The van der Waals surface area contributed by atoms with Gasteiger partial charge in [0.2, 0.25) is 0 Å². The fraction of sp³-hybridized carbons (Fsp3) is 0.600. The molecule has 0 spiro atoms. The SMILES string of the molecule is CCOC(=O)C1=C(C)N2CCNC2=C(C(=O)OCC)[C@H]1C. The lowest BCUT2D eigenvalue weighted by atomic mass is 9.87. The van der Waals surface area contributed by atoms with E-state index in [2.05, 4.69) is 5.32 Å². The Labute approximate surface area is 124 Å². The Morgan fingerprint density at radius 2 is 1.76 bits per heavy atom. The Bertz CT molecular complexity index is 522. The number of ether oxygens (including phenoxy) is 2. The van der Waals surface area contributed by atoms with E-state index in [0.717, 1.165) is 24.6 Å². The zero-order valence-electron chi connectivity index (χ0n) is 13.0. The van der Waals surface area contributed by atoms with E-state index < -0.39 is 0 Å². The number of carbonyl (C=O) groups excluding carboxylic acids is 2. The molecule has 6 heteroatoms. The normalized spacial score (nSPS) is 21.1. The van der Waals surface area contributed by atoms with Crippen LogP contribution in [0.1, 0.15) is 27.7 Å². The average Bonchev–Trinajstić information content (AvgIpc) is 2.88. The van der Waals surface area contributed by atoms with Crippen LogP contribution in [0.5, 0.6) is 0 Å². The van der Waals surface area contributed by atoms with E-state index in [1.807, 2.05) is 18.7 Å². The van der Waals surface area contributed by atoms with Crippen LogP contribution in [0.15, 0.2) is 22.7 Å². The number of nitrogens with zero attached hydrogens (tertiary/aromatic N) is 1. The summed E-state index contributed by atoms with van der Waals surface area (Å²) in [6.45, 7) is 9.34. The molecular formula is C15H22N2O4. The van der Waals surface area contributed by atoms with Crippen molar-refractivity contribution in [3.05, 3.63) is 22.7 Å². The largest absolute Gasteiger partial charge is 0.463 e. The zero-order chi connectivity index (χ0) is 15.6. The van der Waals surface area contributed by atoms with Crippen molar-refractivity contribution < 1.29 is 19.1 Å². The number of fused-ring (bicyclic) bond motifs is 1. The lowest BCUT2D eigenvalue weighted by Gasteiger charge is -2.33. The summed E-state index contributed by atoms with van der Waals surface area (Å²) in [6.07, 6.45) is 0. The number of hydrogen-bond acceptors (Lipinski definition) is 6. The van der Waals surface area contributed by atoms with Crippen LogP contribution in [0, 0.1) is 5.92 Å². The first kappa shape index (κ1) is 15.4. The second kappa shape index (κ2) is 6.20. The Hall–Kier alpha value is -1.98. The van der Waals surface area contributed by atoms with Crippen molar-refractivity contribution in [3.63, 3.8) is 0 Å². The fourth-order valence-corrected chi connectivity index (χ4v) is 2.89. The highest BCUT2D eigenvalue weighted by Gasteiger charge is 2.40. The molecule has 0 aromatic carbocycles. The summed E-state index contributed by atoms with van der Waals surface area (Å²) in [6, 6.07) is 0. The van der Waals surface area contributed by atoms with Crippen molar-refractivity contribution in [2.45, 2.75) is 27.7 Å². The van der Waals surface area contributed by atoms with Crippen molar-refractivity contribution in [2.24, 2.45) is 5.92 Å². The summed E-state index contributed by atoms with van der Waals surface area (Å²) in [7, 11) is 0. The summed E-state index contributed by atoms with van der Waals surface area (Å²) in [5.41, 5.74) is 1.88. The van der Waals surface area contributed by atoms with Gasteiger partial charge in [0.25, 0.3) is 0 Å². The Morgan fingerprint density at radius 3 is 2.33 bits per heavy atom. The third kappa shape index (κ3) is 2.62. The van der Waals surface area contributed by atoms with E-state index in [1.165, 1.54) is 0 Å². The molecule has 0 radical (unpaired) electrons. The molecule has 0 unspecified atom stereocenters.